The van der Waals surface area contributed by atoms with Crippen LogP contribution >= 0.6 is 0 Å². The summed E-state index contributed by atoms with van der Waals surface area (Å²) in [5.41, 5.74) is 0. The molecule has 0 aliphatic carbocycles. The maximum absolute atomic E-state index is 4.43. The minimum atomic E-state index is 0.489. The first-order chi connectivity index (χ1) is 7.65. The highest BCUT2D eigenvalue weighted by molar-refractivity contribution is 4.89. The molecule has 1 unspecified atom stereocenters. The molecule has 0 amide bonds. The largest absolute Gasteiger partial charge is 0.247 e. The minimum absolute atomic E-state index is 0.489. The van der Waals surface area contributed by atoms with Gasteiger partial charge in [0.2, 0.25) is 0 Å². The van der Waals surface area contributed by atoms with Crippen LogP contribution in [0.1, 0.15) is 70.1 Å². The first kappa shape index (κ1) is 13.2. The predicted octanol–water partition coefficient (Wildman–Crippen LogP) is 3.82. The summed E-state index contributed by atoms with van der Waals surface area (Å²) in [7, 11) is 0. The zero-order valence-electron chi connectivity index (χ0n) is 11.2. The highest BCUT2D eigenvalue weighted by atomic mass is 15.4. The number of rotatable bonds is 7. The molecule has 0 saturated heterocycles. The van der Waals surface area contributed by atoms with E-state index in [4.69, 9.17) is 0 Å². The van der Waals surface area contributed by atoms with Gasteiger partial charge in [-0.15, -0.1) is 0 Å². The van der Waals surface area contributed by atoms with Crippen molar-refractivity contribution in [3.05, 3.63) is 11.6 Å². The molecule has 0 saturated carbocycles. The van der Waals surface area contributed by atoms with Crippen LogP contribution in [-0.4, -0.2) is 14.8 Å². The lowest BCUT2D eigenvalue weighted by atomic mass is 10.1. The summed E-state index contributed by atoms with van der Waals surface area (Å²) < 4.78 is 2.06. The standard InChI is InChI=1S/C13H25N3/c1-5-6-7-8-9-10-11(2)16-13(4)14-12(3)15-16/h11H,5-10H2,1-4H3. The average molecular weight is 223 g/mol. The Balaban J connectivity index is 2.29. The fourth-order valence-corrected chi connectivity index (χ4v) is 2.12. The molecule has 0 radical (unpaired) electrons. The van der Waals surface area contributed by atoms with Gasteiger partial charge in [0.25, 0.3) is 0 Å². The van der Waals surface area contributed by atoms with Crippen LogP contribution in [0.15, 0.2) is 0 Å². The van der Waals surface area contributed by atoms with Crippen LogP contribution in [0.5, 0.6) is 0 Å². The molecule has 3 nitrogen and oxygen atoms in total. The van der Waals surface area contributed by atoms with Crippen LogP contribution < -0.4 is 0 Å². The molecule has 0 aliphatic heterocycles. The minimum Gasteiger partial charge on any atom is -0.247 e. The van der Waals surface area contributed by atoms with Crippen LogP contribution in [0.4, 0.5) is 0 Å². The van der Waals surface area contributed by atoms with Gasteiger partial charge >= 0.3 is 0 Å². The van der Waals surface area contributed by atoms with Gasteiger partial charge in [0, 0.05) is 0 Å². The summed E-state index contributed by atoms with van der Waals surface area (Å²) in [6.07, 6.45) is 7.93. The van der Waals surface area contributed by atoms with Crippen molar-refractivity contribution in [2.75, 3.05) is 0 Å². The monoisotopic (exact) mass is 223 g/mol. The number of aromatic nitrogens is 3. The van der Waals surface area contributed by atoms with E-state index < -0.39 is 0 Å². The second-order valence-electron chi connectivity index (χ2n) is 4.70. The molecule has 16 heavy (non-hydrogen) atoms. The third kappa shape index (κ3) is 3.95. The van der Waals surface area contributed by atoms with Crippen LogP contribution in [0.3, 0.4) is 0 Å². The van der Waals surface area contributed by atoms with E-state index in [0.29, 0.717) is 6.04 Å². The van der Waals surface area contributed by atoms with Gasteiger partial charge < -0.3 is 0 Å². The van der Waals surface area contributed by atoms with Crippen LogP contribution in [0, 0.1) is 13.8 Å². The topological polar surface area (TPSA) is 30.7 Å². The first-order valence-electron chi connectivity index (χ1n) is 6.55. The number of aryl methyl sites for hydroxylation is 2. The number of hydrogen-bond donors (Lipinski definition) is 0. The fourth-order valence-electron chi connectivity index (χ4n) is 2.12. The summed E-state index contributed by atoms with van der Waals surface area (Å²) in [4.78, 5) is 4.34. The van der Waals surface area contributed by atoms with Crippen molar-refractivity contribution in [2.24, 2.45) is 0 Å². The summed E-state index contributed by atoms with van der Waals surface area (Å²) in [5.74, 6) is 1.92. The molecule has 1 heterocycles. The van der Waals surface area contributed by atoms with Crippen molar-refractivity contribution < 1.29 is 0 Å². The Morgan fingerprint density at radius 1 is 1.12 bits per heavy atom. The van der Waals surface area contributed by atoms with Crippen molar-refractivity contribution in [1.82, 2.24) is 14.8 Å². The molecule has 0 N–H and O–H groups in total. The molecule has 0 spiro atoms. The maximum atomic E-state index is 4.43. The number of hydrogen-bond acceptors (Lipinski definition) is 2. The van der Waals surface area contributed by atoms with E-state index in [0.717, 1.165) is 11.6 Å². The molecule has 1 aromatic rings. The predicted molar refractivity (Wildman–Crippen MR) is 67.6 cm³/mol. The molecule has 0 aromatic carbocycles. The van der Waals surface area contributed by atoms with Gasteiger partial charge in [-0.25, -0.2) is 9.67 Å². The van der Waals surface area contributed by atoms with Gasteiger partial charge in [-0.1, -0.05) is 39.0 Å². The van der Waals surface area contributed by atoms with Crippen LogP contribution in [-0.2, 0) is 0 Å². The van der Waals surface area contributed by atoms with Gasteiger partial charge in [-0.3, -0.25) is 0 Å². The van der Waals surface area contributed by atoms with E-state index in [1.165, 1.54) is 38.5 Å². The van der Waals surface area contributed by atoms with Crippen LogP contribution in [0.2, 0.25) is 0 Å². The molecular formula is C13H25N3. The van der Waals surface area contributed by atoms with E-state index in [-0.39, 0.29) is 0 Å². The normalized spacial score (nSPS) is 13.0. The average Bonchev–Trinajstić information content (AvgIpc) is 2.57. The van der Waals surface area contributed by atoms with E-state index in [1.807, 2.05) is 13.8 Å². The molecule has 3 heteroatoms. The molecule has 0 fully saturated rings. The van der Waals surface area contributed by atoms with Crippen molar-refractivity contribution in [1.29, 1.82) is 0 Å². The Morgan fingerprint density at radius 3 is 2.38 bits per heavy atom. The Hall–Kier alpha value is -0.860. The summed E-state index contributed by atoms with van der Waals surface area (Å²) in [6.45, 7) is 8.48. The van der Waals surface area contributed by atoms with Crippen LogP contribution in [0.25, 0.3) is 0 Å². The Kier molecular flexibility index (Phi) is 5.50. The molecule has 0 aliphatic rings. The number of nitrogens with zero attached hydrogens (tertiary/aromatic N) is 3. The molecule has 1 rings (SSSR count). The Morgan fingerprint density at radius 2 is 1.81 bits per heavy atom. The second-order valence-corrected chi connectivity index (χ2v) is 4.70. The van der Waals surface area contributed by atoms with Gasteiger partial charge in [0.15, 0.2) is 0 Å². The van der Waals surface area contributed by atoms with Crippen molar-refractivity contribution in [3.8, 4) is 0 Å². The fraction of sp³-hybridized carbons (Fsp3) is 0.846. The lowest BCUT2D eigenvalue weighted by Gasteiger charge is -2.12. The van der Waals surface area contributed by atoms with Gasteiger partial charge in [-0.05, 0) is 27.2 Å². The molecule has 0 bridgehead atoms. The summed E-state index contributed by atoms with van der Waals surface area (Å²) in [5, 5.41) is 4.43. The second kappa shape index (κ2) is 6.66. The highest BCUT2D eigenvalue weighted by Crippen LogP contribution is 2.16. The third-order valence-electron chi connectivity index (χ3n) is 3.05. The SMILES string of the molecule is CCCCCCCC(C)n1nc(C)nc1C. The van der Waals surface area contributed by atoms with Crippen molar-refractivity contribution >= 4 is 0 Å². The molecule has 92 valence electrons. The van der Waals surface area contributed by atoms with E-state index in [1.54, 1.807) is 0 Å². The zero-order valence-corrected chi connectivity index (χ0v) is 11.2. The maximum Gasteiger partial charge on any atom is 0.147 e. The first-order valence-corrected chi connectivity index (χ1v) is 6.55. The van der Waals surface area contributed by atoms with E-state index in [9.17, 15) is 0 Å². The summed E-state index contributed by atoms with van der Waals surface area (Å²) in [6, 6.07) is 0.489. The van der Waals surface area contributed by atoms with Crippen molar-refractivity contribution in [3.63, 3.8) is 0 Å². The molecular weight excluding hydrogens is 198 g/mol. The number of unbranched alkanes of at least 4 members (excludes halogenated alkanes) is 4. The molecule has 1 atom stereocenters. The van der Waals surface area contributed by atoms with E-state index in [2.05, 4.69) is 28.6 Å². The summed E-state index contributed by atoms with van der Waals surface area (Å²) >= 11 is 0. The van der Waals surface area contributed by atoms with Gasteiger partial charge in [0.1, 0.15) is 11.6 Å². The highest BCUT2D eigenvalue weighted by Gasteiger charge is 2.09. The smallest absolute Gasteiger partial charge is 0.147 e. The molecule has 1 aromatic heterocycles. The zero-order chi connectivity index (χ0) is 12.0. The lowest BCUT2D eigenvalue weighted by molar-refractivity contribution is 0.424. The Bertz CT molecular complexity index is 304. The lowest BCUT2D eigenvalue weighted by Crippen LogP contribution is -2.09. The van der Waals surface area contributed by atoms with Gasteiger partial charge in [-0.2, -0.15) is 5.10 Å². The third-order valence-corrected chi connectivity index (χ3v) is 3.05. The quantitative estimate of drug-likeness (QED) is 0.658. The van der Waals surface area contributed by atoms with Gasteiger partial charge in [0.05, 0.1) is 6.04 Å². The van der Waals surface area contributed by atoms with Crippen molar-refractivity contribution in [2.45, 2.75) is 72.3 Å². The Labute approximate surface area is 99.3 Å². The van der Waals surface area contributed by atoms with E-state index >= 15 is 0 Å².